The van der Waals surface area contributed by atoms with Crippen LogP contribution >= 0.6 is 22.7 Å². The third kappa shape index (κ3) is 3.29. The Kier molecular flexibility index (Phi) is 5.40. The summed E-state index contributed by atoms with van der Waals surface area (Å²) in [5.74, 6) is -1.03. The van der Waals surface area contributed by atoms with Gasteiger partial charge >= 0.3 is 0 Å². The van der Waals surface area contributed by atoms with Crippen LogP contribution in [0.3, 0.4) is 0 Å². The molecule has 30 heavy (non-hydrogen) atoms. The number of thiophene rings is 1. The van der Waals surface area contributed by atoms with Gasteiger partial charge in [0.2, 0.25) is 10.9 Å². The fourth-order valence-corrected chi connectivity index (χ4v) is 4.87. The van der Waals surface area contributed by atoms with Gasteiger partial charge in [0.15, 0.2) is 5.76 Å². The highest BCUT2D eigenvalue weighted by Crippen LogP contribution is 2.45. The molecule has 1 aliphatic heterocycles. The highest BCUT2D eigenvalue weighted by atomic mass is 32.1. The summed E-state index contributed by atoms with van der Waals surface area (Å²) >= 11 is 2.51. The molecule has 0 spiro atoms. The van der Waals surface area contributed by atoms with Crippen LogP contribution < -0.4 is 9.64 Å². The van der Waals surface area contributed by atoms with E-state index in [-0.39, 0.29) is 11.5 Å². The van der Waals surface area contributed by atoms with E-state index in [2.05, 4.69) is 10.2 Å². The summed E-state index contributed by atoms with van der Waals surface area (Å²) < 4.78 is 5.49. The lowest BCUT2D eigenvalue weighted by molar-refractivity contribution is -0.117. The van der Waals surface area contributed by atoms with Crippen LogP contribution in [-0.4, -0.2) is 34.1 Å². The van der Waals surface area contributed by atoms with Gasteiger partial charge < -0.3 is 9.84 Å². The molecule has 0 unspecified atom stereocenters. The van der Waals surface area contributed by atoms with E-state index in [0.717, 1.165) is 5.01 Å². The van der Waals surface area contributed by atoms with Gasteiger partial charge in [0.25, 0.3) is 5.91 Å². The summed E-state index contributed by atoms with van der Waals surface area (Å²) in [5.41, 5.74) is 0.590. The molecule has 1 N–H and O–H groups in total. The number of Topliss-reactive ketones (excluding diaryl/α,β-unsaturated/α-hetero) is 1. The number of para-hydroxylation sites is 1. The molecular weight excluding hydrogens is 422 g/mol. The smallest absolute Gasteiger partial charge is 0.296 e. The monoisotopic (exact) mass is 441 g/mol. The Bertz CT molecular complexity index is 1130. The van der Waals surface area contributed by atoms with Crippen LogP contribution in [0.25, 0.3) is 0 Å². The minimum atomic E-state index is -0.879. The van der Waals surface area contributed by atoms with Crippen molar-refractivity contribution in [2.75, 3.05) is 12.0 Å². The van der Waals surface area contributed by atoms with Crippen molar-refractivity contribution in [2.24, 2.45) is 0 Å². The number of aliphatic hydroxyl groups excluding tert-OH is 1. The van der Waals surface area contributed by atoms with Crippen LogP contribution in [0.2, 0.25) is 0 Å². The third-order valence-electron chi connectivity index (χ3n) is 4.76. The van der Waals surface area contributed by atoms with Gasteiger partial charge in [-0.3, -0.25) is 14.5 Å². The van der Waals surface area contributed by atoms with Crippen LogP contribution in [0, 0.1) is 0 Å². The van der Waals surface area contributed by atoms with Gasteiger partial charge in [0.1, 0.15) is 16.8 Å². The summed E-state index contributed by atoms with van der Waals surface area (Å²) in [6.07, 6.45) is 0. The van der Waals surface area contributed by atoms with E-state index in [9.17, 15) is 14.7 Å². The topological polar surface area (TPSA) is 92.6 Å². The number of aliphatic hydroxyl groups is 1. The Morgan fingerprint density at radius 1 is 1.20 bits per heavy atom. The Balaban J connectivity index is 1.90. The summed E-state index contributed by atoms with van der Waals surface area (Å²) in [5, 5.41) is 22.0. The van der Waals surface area contributed by atoms with Crippen LogP contribution in [0.15, 0.2) is 53.1 Å². The molecule has 3 heterocycles. The van der Waals surface area contributed by atoms with Gasteiger partial charge in [-0.1, -0.05) is 49.4 Å². The van der Waals surface area contributed by atoms with Gasteiger partial charge in [0.05, 0.1) is 17.6 Å². The second-order valence-electron chi connectivity index (χ2n) is 6.97. The first kappa shape index (κ1) is 20.2. The Labute approximate surface area is 181 Å². The molecule has 0 aliphatic carbocycles. The van der Waals surface area contributed by atoms with Crippen LogP contribution in [0.4, 0.5) is 5.13 Å². The van der Waals surface area contributed by atoms with Crippen molar-refractivity contribution in [3.63, 3.8) is 0 Å². The summed E-state index contributed by atoms with van der Waals surface area (Å²) in [6.45, 7) is 3.96. The Morgan fingerprint density at radius 3 is 2.60 bits per heavy atom. The zero-order chi connectivity index (χ0) is 21.4. The maximum absolute atomic E-state index is 13.3. The highest BCUT2D eigenvalue weighted by Gasteiger charge is 2.47. The van der Waals surface area contributed by atoms with Gasteiger partial charge in [0, 0.05) is 11.5 Å². The summed E-state index contributed by atoms with van der Waals surface area (Å²) in [6, 6.07) is 9.66. The van der Waals surface area contributed by atoms with Crippen molar-refractivity contribution in [3.8, 4) is 5.75 Å². The lowest BCUT2D eigenvalue weighted by Gasteiger charge is -2.25. The number of hydrogen-bond donors (Lipinski definition) is 1. The SMILES string of the molecule is COc1ccccc1[C@H]1C(C(=O)c2cccs2)=C(O)C(=O)N1c1nnc(C(C)C)s1. The molecule has 154 valence electrons. The standard InChI is InChI=1S/C21H19N3O4S2/c1-11(2)19-22-23-21(30-19)24-16(12-7-4-5-8-13(12)28-3)15(18(26)20(24)27)17(25)14-9-6-10-29-14/h4-11,16,26H,1-3H3/t16-/m0/s1. The number of anilines is 1. The van der Waals surface area contributed by atoms with Crippen LogP contribution in [0.1, 0.15) is 46.0 Å². The second kappa shape index (κ2) is 8.00. The first-order chi connectivity index (χ1) is 14.4. The number of benzene rings is 1. The van der Waals surface area contributed by atoms with Crippen molar-refractivity contribution < 1.29 is 19.4 Å². The van der Waals surface area contributed by atoms with Crippen LogP contribution in [0.5, 0.6) is 5.75 Å². The third-order valence-corrected chi connectivity index (χ3v) is 6.85. The zero-order valence-electron chi connectivity index (χ0n) is 16.5. The predicted molar refractivity (Wildman–Crippen MR) is 116 cm³/mol. The molecule has 1 amide bonds. The number of carbonyl (C=O) groups is 2. The maximum Gasteiger partial charge on any atom is 0.296 e. The molecular formula is C21H19N3O4S2. The first-order valence-electron chi connectivity index (χ1n) is 9.25. The fraction of sp³-hybridized carbons (Fsp3) is 0.238. The number of ether oxygens (including phenoxy) is 1. The maximum atomic E-state index is 13.3. The molecule has 3 aromatic rings. The number of methoxy groups -OCH3 is 1. The molecule has 4 rings (SSSR count). The Morgan fingerprint density at radius 2 is 1.97 bits per heavy atom. The number of nitrogens with zero attached hydrogens (tertiary/aromatic N) is 3. The van der Waals surface area contributed by atoms with Crippen LogP contribution in [-0.2, 0) is 4.79 Å². The normalized spacial score (nSPS) is 16.6. The lowest BCUT2D eigenvalue weighted by Crippen LogP contribution is -2.31. The second-order valence-corrected chi connectivity index (χ2v) is 8.90. The van der Waals surface area contributed by atoms with Crippen molar-refractivity contribution >= 4 is 39.5 Å². The minimum absolute atomic E-state index is 0.00764. The van der Waals surface area contributed by atoms with Crippen molar-refractivity contribution in [1.82, 2.24) is 10.2 Å². The summed E-state index contributed by atoms with van der Waals surface area (Å²) in [7, 11) is 1.52. The van der Waals surface area contributed by atoms with Crippen molar-refractivity contribution in [3.05, 3.63) is 68.6 Å². The molecule has 7 nitrogen and oxygen atoms in total. The Hall–Kier alpha value is -3.04. The van der Waals surface area contributed by atoms with Crippen molar-refractivity contribution in [1.29, 1.82) is 0 Å². The van der Waals surface area contributed by atoms with E-state index in [4.69, 9.17) is 4.74 Å². The van der Waals surface area contributed by atoms with Gasteiger partial charge in [-0.2, -0.15) is 0 Å². The highest BCUT2D eigenvalue weighted by molar-refractivity contribution is 7.15. The molecule has 0 radical (unpaired) electrons. The minimum Gasteiger partial charge on any atom is -0.503 e. The van der Waals surface area contributed by atoms with Crippen molar-refractivity contribution in [2.45, 2.75) is 25.8 Å². The molecule has 0 bridgehead atoms. The largest absolute Gasteiger partial charge is 0.503 e. The predicted octanol–water partition coefficient (Wildman–Crippen LogP) is 4.51. The van der Waals surface area contributed by atoms with Gasteiger partial charge in [-0.15, -0.1) is 21.5 Å². The average Bonchev–Trinajstić information content (AvgIpc) is 3.48. The molecule has 1 atom stereocenters. The number of carbonyl (C=O) groups excluding carboxylic acids is 2. The summed E-state index contributed by atoms with van der Waals surface area (Å²) in [4.78, 5) is 28.2. The first-order valence-corrected chi connectivity index (χ1v) is 10.9. The van der Waals surface area contributed by atoms with E-state index in [1.54, 1.807) is 41.8 Å². The van der Waals surface area contributed by atoms with E-state index in [1.165, 1.54) is 34.7 Å². The number of hydrogen-bond acceptors (Lipinski definition) is 8. The van der Waals surface area contributed by atoms with Gasteiger partial charge in [-0.05, 0) is 17.5 Å². The number of aromatic nitrogens is 2. The number of rotatable bonds is 6. The van der Waals surface area contributed by atoms with E-state index in [0.29, 0.717) is 21.3 Å². The van der Waals surface area contributed by atoms with Gasteiger partial charge in [-0.25, -0.2) is 0 Å². The average molecular weight is 442 g/mol. The molecule has 9 heteroatoms. The van der Waals surface area contributed by atoms with E-state index < -0.39 is 23.5 Å². The lowest BCUT2D eigenvalue weighted by atomic mass is 9.95. The molecule has 0 saturated heterocycles. The molecule has 1 aliphatic rings. The molecule has 1 aromatic carbocycles. The number of ketones is 1. The molecule has 0 saturated carbocycles. The number of amides is 1. The van der Waals surface area contributed by atoms with E-state index in [1.807, 2.05) is 13.8 Å². The fourth-order valence-electron chi connectivity index (χ4n) is 3.32. The molecule has 0 fully saturated rings. The zero-order valence-corrected chi connectivity index (χ0v) is 18.2. The molecule has 2 aromatic heterocycles. The quantitative estimate of drug-likeness (QED) is 0.566. The van der Waals surface area contributed by atoms with E-state index >= 15 is 0 Å².